The van der Waals surface area contributed by atoms with Crippen LogP contribution in [-0.4, -0.2) is 41.0 Å². The highest BCUT2D eigenvalue weighted by atomic mass is 16.4. The van der Waals surface area contributed by atoms with Gasteiger partial charge in [-0.05, 0) is 26.5 Å². The van der Waals surface area contributed by atoms with E-state index in [4.69, 9.17) is 5.11 Å². The second-order valence-corrected chi connectivity index (χ2v) is 4.65. The molecule has 1 aromatic rings. The van der Waals surface area contributed by atoms with Crippen LogP contribution in [0.3, 0.4) is 0 Å². The summed E-state index contributed by atoms with van der Waals surface area (Å²) in [6.45, 7) is 3.84. The predicted octanol–water partition coefficient (Wildman–Crippen LogP) is 1.10. The average molecular weight is 264 g/mol. The molecule has 5 heteroatoms. The van der Waals surface area contributed by atoms with Crippen LogP contribution in [0.15, 0.2) is 30.3 Å². The molecule has 0 bridgehead atoms. The molecule has 0 saturated heterocycles. The van der Waals surface area contributed by atoms with Gasteiger partial charge < -0.3 is 10.4 Å². The number of nitrogens with one attached hydrogen (secondary N) is 1. The monoisotopic (exact) mass is 264 g/mol. The molecule has 0 spiro atoms. The molecule has 1 aromatic carbocycles. The molecule has 1 unspecified atom stereocenters. The molecule has 2 N–H and O–H groups in total. The summed E-state index contributed by atoms with van der Waals surface area (Å²) >= 11 is 0. The molecule has 0 saturated carbocycles. The van der Waals surface area contributed by atoms with Gasteiger partial charge in [-0.3, -0.25) is 14.5 Å². The molecule has 104 valence electrons. The van der Waals surface area contributed by atoms with Crippen LogP contribution in [0.1, 0.15) is 19.4 Å². The van der Waals surface area contributed by atoms with E-state index in [1.165, 1.54) is 6.92 Å². The molecule has 0 fully saturated rings. The van der Waals surface area contributed by atoms with E-state index in [1.54, 1.807) is 6.92 Å². The number of carboxylic acid groups (broad SMARTS) is 1. The van der Waals surface area contributed by atoms with E-state index in [0.717, 1.165) is 5.56 Å². The molecular formula is C14H20N2O3. The zero-order valence-electron chi connectivity index (χ0n) is 11.5. The molecule has 0 aliphatic heterocycles. The summed E-state index contributed by atoms with van der Waals surface area (Å²) in [7, 11) is 1.84. The van der Waals surface area contributed by atoms with E-state index in [9.17, 15) is 9.59 Å². The van der Waals surface area contributed by atoms with Gasteiger partial charge in [0.1, 0.15) is 6.04 Å². The van der Waals surface area contributed by atoms with Crippen LogP contribution < -0.4 is 5.32 Å². The van der Waals surface area contributed by atoms with Crippen molar-refractivity contribution in [3.63, 3.8) is 0 Å². The number of hydrogen-bond donors (Lipinski definition) is 2. The normalized spacial score (nSPS) is 13.9. The maximum absolute atomic E-state index is 11.9. The maximum Gasteiger partial charge on any atom is 0.325 e. The van der Waals surface area contributed by atoms with E-state index < -0.39 is 12.0 Å². The summed E-state index contributed by atoms with van der Waals surface area (Å²) in [5.41, 5.74) is 1.11. The third-order valence-electron chi connectivity index (χ3n) is 3.04. The molecule has 5 nitrogen and oxygen atoms in total. The molecule has 0 radical (unpaired) electrons. The fourth-order valence-electron chi connectivity index (χ4n) is 1.60. The Balaban J connectivity index is 2.54. The van der Waals surface area contributed by atoms with Gasteiger partial charge in [0.15, 0.2) is 0 Å². The van der Waals surface area contributed by atoms with Crippen LogP contribution in [0.4, 0.5) is 0 Å². The zero-order valence-corrected chi connectivity index (χ0v) is 11.5. The Morgan fingerprint density at radius 2 is 1.84 bits per heavy atom. The highest BCUT2D eigenvalue weighted by Crippen LogP contribution is 2.06. The molecule has 0 aliphatic carbocycles. The summed E-state index contributed by atoms with van der Waals surface area (Å²) in [6, 6.07) is 8.54. The summed E-state index contributed by atoms with van der Waals surface area (Å²) in [4.78, 5) is 24.4. The first kappa shape index (κ1) is 15.2. The van der Waals surface area contributed by atoms with Crippen LogP contribution in [0, 0.1) is 0 Å². The molecule has 1 amide bonds. The second-order valence-electron chi connectivity index (χ2n) is 4.65. The van der Waals surface area contributed by atoms with Gasteiger partial charge >= 0.3 is 5.97 Å². The van der Waals surface area contributed by atoms with Crippen molar-refractivity contribution in [3.8, 4) is 0 Å². The van der Waals surface area contributed by atoms with E-state index in [2.05, 4.69) is 5.32 Å². The minimum atomic E-state index is -1.04. The standard InChI is InChI=1S/C14H20N2O3/c1-10(14(18)19)15-13(17)11(2)16(3)9-12-7-5-4-6-8-12/h4-8,10-11H,9H2,1-3H3,(H,15,17)(H,18,19)/t10-,11?/m1/s1. The number of aliphatic carboxylic acids is 1. The number of carbonyl (C=O) groups excluding carboxylic acids is 1. The van der Waals surface area contributed by atoms with Crippen LogP contribution in [-0.2, 0) is 16.1 Å². The largest absolute Gasteiger partial charge is 0.480 e. The molecule has 19 heavy (non-hydrogen) atoms. The molecular weight excluding hydrogens is 244 g/mol. The number of hydrogen-bond acceptors (Lipinski definition) is 3. The summed E-state index contributed by atoms with van der Waals surface area (Å²) in [6.07, 6.45) is 0. The summed E-state index contributed by atoms with van der Waals surface area (Å²) in [5, 5.41) is 11.2. The number of carboxylic acids is 1. The fourth-order valence-corrected chi connectivity index (χ4v) is 1.60. The van der Waals surface area contributed by atoms with Gasteiger partial charge in [-0.15, -0.1) is 0 Å². The lowest BCUT2D eigenvalue weighted by Crippen LogP contribution is -2.48. The highest BCUT2D eigenvalue weighted by molar-refractivity contribution is 5.86. The fraction of sp³-hybridized carbons (Fsp3) is 0.429. The molecule has 0 aromatic heterocycles. The number of benzene rings is 1. The molecule has 2 atom stereocenters. The Morgan fingerprint density at radius 1 is 1.26 bits per heavy atom. The van der Waals surface area contributed by atoms with Gasteiger partial charge in [0, 0.05) is 6.54 Å². The zero-order chi connectivity index (χ0) is 14.4. The van der Waals surface area contributed by atoms with Crippen molar-refractivity contribution in [2.24, 2.45) is 0 Å². The third-order valence-corrected chi connectivity index (χ3v) is 3.04. The van der Waals surface area contributed by atoms with Crippen molar-refractivity contribution in [2.75, 3.05) is 7.05 Å². The van der Waals surface area contributed by atoms with Gasteiger partial charge in [-0.25, -0.2) is 0 Å². The lowest BCUT2D eigenvalue weighted by molar-refractivity contribution is -0.142. The Bertz CT molecular complexity index is 434. The summed E-state index contributed by atoms with van der Waals surface area (Å²) < 4.78 is 0. The van der Waals surface area contributed by atoms with Crippen molar-refractivity contribution in [2.45, 2.75) is 32.5 Å². The maximum atomic E-state index is 11.9. The first-order valence-electron chi connectivity index (χ1n) is 6.19. The van der Waals surface area contributed by atoms with Gasteiger partial charge in [0.2, 0.25) is 5.91 Å². The SMILES string of the molecule is CC(C(=O)N[C@H](C)C(=O)O)N(C)Cc1ccccc1. The van der Waals surface area contributed by atoms with E-state index in [1.807, 2.05) is 42.3 Å². The van der Waals surface area contributed by atoms with Crippen LogP contribution in [0.25, 0.3) is 0 Å². The molecule has 0 heterocycles. The summed E-state index contributed by atoms with van der Waals surface area (Å²) in [5.74, 6) is -1.32. The van der Waals surface area contributed by atoms with Crippen LogP contribution in [0.5, 0.6) is 0 Å². The van der Waals surface area contributed by atoms with Gasteiger partial charge in [0.25, 0.3) is 0 Å². The number of nitrogens with zero attached hydrogens (tertiary/aromatic N) is 1. The second kappa shape index (κ2) is 6.89. The average Bonchev–Trinajstić information content (AvgIpc) is 2.38. The number of amides is 1. The smallest absolute Gasteiger partial charge is 0.325 e. The minimum absolute atomic E-state index is 0.284. The topological polar surface area (TPSA) is 69.6 Å². The Labute approximate surface area is 113 Å². The molecule has 0 aliphatic rings. The van der Waals surface area contributed by atoms with Crippen molar-refractivity contribution in [1.82, 2.24) is 10.2 Å². The van der Waals surface area contributed by atoms with Crippen LogP contribution >= 0.6 is 0 Å². The van der Waals surface area contributed by atoms with E-state index in [-0.39, 0.29) is 11.9 Å². The lowest BCUT2D eigenvalue weighted by Gasteiger charge is -2.24. The van der Waals surface area contributed by atoms with Crippen molar-refractivity contribution in [1.29, 1.82) is 0 Å². The van der Waals surface area contributed by atoms with Crippen molar-refractivity contribution < 1.29 is 14.7 Å². The van der Waals surface area contributed by atoms with Crippen molar-refractivity contribution >= 4 is 11.9 Å². The van der Waals surface area contributed by atoms with Gasteiger partial charge in [0.05, 0.1) is 6.04 Å². The first-order valence-corrected chi connectivity index (χ1v) is 6.19. The van der Waals surface area contributed by atoms with Gasteiger partial charge in [-0.1, -0.05) is 30.3 Å². The minimum Gasteiger partial charge on any atom is -0.480 e. The number of rotatable bonds is 6. The predicted molar refractivity (Wildman–Crippen MR) is 72.6 cm³/mol. The van der Waals surface area contributed by atoms with Crippen LogP contribution in [0.2, 0.25) is 0 Å². The Kier molecular flexibility index (Phi) is 5.51. The Hall–Kier alpha value is -1.88. The highest BCUT2D eigenvalue weighted by Gasteiger charge is 2.21. The van der Waals surface area contributed by atoms with Gasteiger partial charge in [-0.2, -0.15) is 0 Å². The number of likely N-dealkylation sites (N-methyl/N-ethyl adjacent to an activating group) is 1. The Morgan fingerprint density at radius 3 is 2.37 bits per heavy atom. The number of carbonyl (C=O) groups is 2. The quantitative estimate of drug-likeness (QED) is 0.807. The lowest BCUT2D eigenvalue weighted by atomic mass is 10.2. The third kappa shape index (κ3) is 4.71. The first-order chi connectivity index (χ1) is 8.91. The van der Waals surface area contributed by atoms with E-state index >= 15 is 0 Å². The van der Waals surface area contributed by atoms with E-state index in [0.29, 0.717) is 6.54 Å². The van der Waals surface area contributed by atoms with Crippen molar-refractivity contribution in [3.05, 3.63) is 35.9 Å². The molecule has 1 rings (SSSR count).